The van der Waals surface area contributed by atoms with E-state index in [0.29, 0.717) is 18.2 Å². The molecule has 0 aromatic heterocycles. The van der Waals surface area contributed by atoms with Crippen LogP contribution in [0.3, 0.4) is 0 Å². The maximum absolute atomic E-state index is 12.9. The third kappa shape index (κ3) is 5.23. The van der Waals surface area contributed by atoms with Crippen LogP contribution in [0.2, 0.25) is 0 Å². The molecule has 0 spiro atoms. The van der Waals surface area contributed by atoms with Crippen LogP contribution in [0, 0.1) is 0 Å². The van der Waals surface area contributed by atoms with Gasteiger partial charge in [0.05, 0.1) is 15.2 Å². The predicted octanol–water partition coefficient (Wildman–Crippen LogP) is 1.91. The first-order valence-corrected chi connectivity index (χ1v) is 15.4. The number of benzene rings is 4. The molecule has 14 nitrogen and oxygen atoms in total. The summed E-state index contributed by atoms with van der Waals surface area (Å²) < 4.78 is 128. The van der Waals surface area contributed by atoms with Crippen molar-refractivity contribution in [1.82, 2.24) is 0 Å². The van der Waals surface area contributed by atoms with Crippen molar-refractivity contribution in [2.24, 2.45) is 0 Å². The van der Waals surface area contributed by atoms with Gasteiger partial charge >= 0.3 is 10.1 Å². The van der Waals surface area contributed by atoms with Crippen LogP contribution >= 0.6 is 0 Å². The molecule has 0 saturated heterocycles. The van der Waals surface area contributed by atoms with Crippen LogP contribution < -0.4 is 4.18 Å². The van der Waals surface area contributed by atoms with E-state index in [9.17, 15) is 57.5 Å². The van der Waals surface area contributed by atoms with Crippen LogP contribution in [0.5, 0.6) is 17.2 Å². The van der Waals surface area contributed by atoms with Crippen LogP contribution in [-0.2, 0) is 40.5 Å². The van der Waals surface area contributed by atoms with Crippen LogP contribution in [-0.4, -0.2) is 57.5 Å². The molecule has 4 rings (SSSR count). The van der Waals surface area contributed by atoms with Gasteiger partial charge in [0.1, 0.15) is 27.0 Å². The molecule has 0 aliphatic rings. The smallest absolute Gasteiger partial charge is 0.339 e. The molecule has 4 aromatic rings. The van der Waals surface area contributed by atoms with Crippen LogP contribution in [0.1, 0.15) is 0 Å². The minimum absolute atomic E-state index is 0.144. The summed E-state index contributed by atoms with van der Waals surface area (Å²) in [7, 11) is -19.6. The fraction of sp³-hybridized carbons (Fsp3) is 0. The first-order chi connectivity index (χ1) is 17.3. The summed E-state index contributed by atoms with van der Waals surface area (Å²) in [4.78, 5) is -3.39. The minimum Gasteiger partial charge on any atom is -0.507 e. The highest BCUT2D eigenvalue weighted by Gasteiger charge is 2.24. The monoisotopic (exact) mass is 606 g/mol. The zero-order valence-electron chi connectivity index (χ0n) is 18.2. The van der Waals surface area contributed by atoms with Crippen molar-refractivity contribution in [1.29, 1.82) is 0 Å². The van der Waals surface area contributed by atoms with Gasteiger partial charge < -0.3 is 14.4 Å². The van der Waals surface area contributed by atoms with E-state index in [0.717, 1.165) is 36.4 Å². The number of hydrogen-bond acceptors (Lipinski definition) is 11. The lowest BCUT2D eigenvalue weighted by molar-refractivity contribution is 0.457. The van der Waals surface area contributed by atoms with E-state index < -0.39 is 77.3 Å². The third-order valence-corrected chi connectivity index (χ3v) is 8.97. The maximum atomic E-state index is 12.9. The SMILES string of the molecule is O=S(=O)(O)c1cc(S(=O)(=O)O)c2cc(OS(=O)(=O)c3cc(O)c4c(O)cc(S(=O)(=O)O)cc4c3)ccc2c1. The Morgan fingerprint density at radius 2 is 1.05 bits per heavy atom. The molecule has 0 heterocycles. The Kier molecular flexibility index (Phi) is 6.35. The molecule has 38 heavy (non-hydrogen) atoms. The lowest BCUT2D eigenvalue weighted by Gasteiger charge is -2.12. The van der Waals surface area contributed by atoms with E-state index in [-0.39, 0.29) is 21.5 Å². The third-order valence-electron chi connectivity index (χ3n) is 5.18. The average Bonchev–Trinajstić information content (AvgIpc) is 2.75. The number of rotatable bonds is 6. The number of fused-ring (bicyclic) bond motifs is 2. The second-order valence-corrected chi connectivity index (χ2v) is 13.5. The van der Waals surface area contributed by atoms with Gasteiger partial charge in [-0.1, -0.05) is 6.07 Å². The molecule has 0 bridgehead atoms. The van der Waals surface area contributed by atoms with Gasteiger partial charge in [-0.2, -0.15) is 33.7 Å². The number of phenolic OH excluding ortho intramolecular Hbond substituents is 2. The Morgan fingerprint density at radius 3 is 1.61 bits per heavy atom. The molecule has 0 aliphatic heterocycles. The fourth-order valence-corrected chi connectivity index (χ4v) is 6.44. The average molecular weight is 607 g/mol. The van der Waals surface area contributed by atoms with Crippen LogP contribution in [0.4, 0.5) is 0 Å². The van der Waals surface area contributed by atoms with Crippen molar-refractivity contribution < 1.29 is 61.7 Å². The lowest BCUT2D eigenvalue weighted by Crippen LogP contribution is -2.10. The van der Waals surface area contributed by atoms with Gasteiger partial charge in [0.2, 0.25) is 0 Å². The molecule has 202 valence electrons. The highest BCUT2D eigenvalue weighted by atomic mass is 32.2. The molecule has 0 unspecified atom stereocenters. The minimum atomic E-state index is -5.08. The van der Waals surface area contributed by atoms with Gasteiger partial charge in [0, 0.05) is 17.5 Å². The first-order valence-electron chi connectivity index (χ1n) is 9.72. The standard InChI is InChI=1S/C20H14O14S4/c21-17-7-13(35(23,24)25)4-11-5-15(8-18(22)20(11)17)38(32,33)34-12-2-1-10-3-14(36(26,27)28)9-19(16(10)6-12)37(29,30)31/h1-9,21-22H,(H,23,24,25)(H,26,27,28)(H,29,30,31). The van der Waals surface area contributed by atoms with Crippen molar-refractivity contribution in [2.45, 2.75) is 19.6 Å². The van der Waals surface area contributed by atoms with Gasteiger partial charge in [-0.15, -0.1) is 0 Å². The summed E-state index contributed by atoms with van der Waals surface area (Å²) in [6.07, 6.45) is 0. The summed E-state index contributed by atoms with van der Waals surface area (Å²) >= 11 is 0. The Morgan fingerprint density at radius 1 is 0.553 bits per heavy atom. The summed E-state index contributed by atoms with van der Waals surface area (Å²) in [6.45, 7) is 0. The van der Waals surface area contributed by atoms with Crippen LogP contribution in [0.15, 0.2) is 74.2 Å². The van der Waals surface area contributed by atoms with Gasteiger partial charge in [0.15, 0.2) is 0 Å². The molecule has 0 aliphatic carbocycles. The van der Waals surface area contributed by atoms with Crippen LogP contribution in [0.25, 0.3) is 21.5 Å². The van der Waals surface area contributed by atoms with Crippen molar-refractivity contribution in [3.63, 3.8) is 0 Å². The fourth-order valence-electron chi connectivity index (χ4n) is 3.58. The second kappa shape index (κ2) is 8.76. The maximum Gasteiger partial charge on any atom is 0.339 e. The highest BCUT2D eigenvalue weighted by molar-refractivity contribution is 7.87. The van der Waals surface area contributed by atoms with Gasteiger partial charge in [0.25, 0.3) is 30.4 Å². The molecular weight excluding hydrogens is 592 g/mol. The Bertz CT molecular complexity index is 2100. The van der Waals surface area contributed by atoms with Gasteiger partial charge in [-0.05, 0) is 47.2 Å². The summed E-state index contributed by atoms with van der Waals surface area (Å²) in [6, 6.07) is 7.09. The summed E-state index contributed by atoms with van der Waals surface area (Å²) in [5, 5.41) is 19.1. The summed E-state index contributed by atoms with van der Waals surface area (Å²) in [5.41, 5.74) is 0. The largest absolute Gasteiger partial charge is 0.507 e. The summed E-state index contributed by atoms with van der Waals surface area (Å²) in [5.74, 6) is -2.11. The Hall–Kier alpha value is -3.52. The van der Waals surface area contributed by atoms with Crippen molar-refractivity contribution in [2.75, 3.05) is 0 Å². The predicted molar refractivity (Wildman–Crippen MR) is 128 cm³/mol. The number of aromatic hydroxyl groups is 2. The van der Waals surface area contributed by atoms with E-state index in [1.165, 1.54) is 0 Å². The molecule has 0 radical (unpaired) electrons. The zero-order valence-corrected chi connectivity index (χ0v) is 21.5. The normalized spacial score (nSPS) is 13.1. The van der Waals surface area contributed by atoms with E-state index >= 15 is 0 Å². The molecule has 0 atom stereocenters. The highest BCUT2D eigenvalue weighted by Crippen LogP contribution is 2.38. The van der Waals surface area contributed by atoms with E-state index in [1.807, 2.05) is 0 Å². The lowest BCUT2D eigenvalue weighted by atomic mass is 10.1. The van der Waals surface area contributed by atoms with Crippen molar-refractivity contribution in [3.8, 4) is 17.2 Å². The zero-order chi connectivity index (χ0) is 28.4. The topological polar surface area (TPSA) is 247 Å². The van der Waals surface area contributed by atoms with E-state index in [2.05, 4.69) is 0 Å². The molecule has 5 N–H and O–H groups in total. The molecule has 18 heteroatoms. The quantitative estimate of drug-likeness (QED) is 0.155. The Labute approximate surface area is 214 Å². The van der Waals surface area contributed by atoms with Crippen molar-refractivity contribution in [3.05, 3.63) is 54.6 Å². The first kappa shape index (κ1) is 27.5. The van der Waals surface area contributed by atoms with Gasteiger partial charge in [-0.3, -0.25) is 13.7 Å². The van der Waals surface area contributed by atoms with E-state index in [1.54, 1.807) is 0 Å². The number of hydrogen-bond donors (Lipinski definition) is 5. The molecule has 0 amide bonds. The molecule has 0 fully saturated rings. The van der Waals surface area contributed by atoms with Crippen molar-refractivity contribution >= 4 is 62.0 Å². The van der Waals surface area contributed by atoms with Gasteiger partial charge in [-0.25, -0.2) is 0 Å². The number of phenols is 2. The molecular formula is C20H14O14S4. The van der Waals surface area contributed by atoms with E-state index in [4.69, 9.17) is 4.18 Å². The molecule has 4 aromatic carbocycles. The second-order valence-electron chi connectivity index (χ2n) is 7.75. The molecule has 0 saturated carbocycles. The Balaban J connectivity index is 1.86.